The summed E-state index contributed by atoms with van der Waals surface area (Å²) < 4.78 is 72.5. The summed E-state index contributed by atoms with van der Waals surface area (Å²) >= 11 is 0. The number of carbonyl (C=O) groups is 1. The maximum Gasteiger partial charge on any atom is 0.518 e. The minimum absolute atomic E-state index is 0.0418. The van der Waals surface area contributed by atoms with E-state index in [1.54, 1.807) is 19.1 Å². The Morgan fingerprint density at radius 2 is 2.04 bits per heavy atom. The number of fused-ring (bicyclic) bond motifs is 1. The molecule has 1 aromatic rings. The Bertz CT molecular complexity index is 742. The number of ether oxygens (including phenoxy) is 2. The molecule has 1 unspecified atom stereocenters. The van der Waals surface area contributed by atoms with Gasteiger partial charge in [0, 0.05) is 12.0 Å². The second kappa shape index (κ2) is 6.19. The van der Waals surface area contributed by atoms with Gasteiger partial charge >= 0.3 is 21.5 Å². The number of esters is 1. The predicted molar refractivity (Wildman–Crippen MR) is 73.2 cm³/mol. The molecule has 1 aliphatic heterocycles. The van der Waals surface area contributed by atoms with Crippen LogP contribution in [0.1, 0.15) is 18.1 Å². The highest BCUT2D eigenvalue weighted by Gasteiger charge is 2.47. The molecular formula is C13H12F3NO5S. The molecule has 0 N–H and O–H groups in total. The topological polar surface area (TPSA) is 82.0 Å². The van der Waals surface area contributed by atoms with Gasteiger partial charge in [0.05, 0.1) is 6.61 Å². The number of rotatable bonds is 3. The van der Waals surface area contributed by atoms with Crippen LogP contribution in [0.2, 0.25) is 0 Å². The highest BCUT2D eigenvalue weighted by molar-refractivity contribution is 7.91. The van der Waals surface area contributed by atoms with Gasteiger partial charge in [-0.3, -0.25) is 0 Å². The van der Waals surface area contributed by atoms with E-state index in [2.05, 4.69) is 4.40 Å². The number of carbonyl (C=O) groups excluding carboxylic acids is 1. The Morgan fingerprint density at radius 3 is 2.65 bits per heavy atom. The summed E-state index contributed by atoms with van der Waals surface area (Å²) in [7, 11) is -5.79. The average molecular weight is 351 g/mol. The molecule has 10 heteroatoms. The van der Waals surface area contributed by atoms with Crippen LogP contribution in [0.3, 0.4) is 0 Å². The van der Waals surface area contributed by atoms with Crippen LogP contribution in [-0.4, -0.2) is 38.5 Å². The SMILES string of the molecule is CCOC(=O)C1Cc2ccccc2/C(=N\S(=O)(=O)C(F)(F)F)O1. The van der Waals surface area contributed by atoms with E-state index in [4.69, 9.17) is 9.47 Å². The van der Waals surface area contributed by atoms with Crippen molar-refractivity contribution in [2.75, 3.05) is 6.61 Å². The zero-order valence-corrected chi connectivity index (χ0v) is 12.6. The molecule has 1 heterocycles. The third kappa shape index (κ3) is 3.63. The van der Waals surface area contributed by atoms with Crippen molar-refractivity contribution in [1.29, 1.82) is 0 Å². The molecule has 0 amide bonds. The number of halogens is 3. The van der Waals surface area contributed by atoms with Gasteiger partial charge < -0.3 is 9.47 Å². The second-order valence-electron chi connectivity index (χ2n) is 4.54. The molecule has 0 bridgehead atoms. The van der Waals surface area contributed by atoms with E-state index in [0.29, 0.717) is 5.56 Å². The van der Waals surface area contributed by atoms with Gasteiger partial charge in [-0.15, -0.1) is 4.40 Å². The molecule has 0 spiro atoms. The molecule has 2 rings (SSSR count). The maximum atomic E-state index is 12.5. The van der Waals surface area contributed by atoms with E-state index in [0.717, 1.165) is 0 Å². The zero-order valence-electron chi connectivity index (χ0n) is 11.8. The van der Waals surface area contributed by atoms with Crippen molar-refractivity contribution in [3.05, 3.63) is 35.4 Å². The van der Waals surface area contributed by atoms with Gasteiger partial charge in [0.15, 0.2) is 0 Å². The minimum atomic E-state index is -5.79. The third-order valence-corrected chi connectivity index (χ3v) is 3.94. The van der Waals surface area contributed by atoms with Crippen LogP contribution in [0, 0.1) is 0 Å². The molecule has 0 aliphatic carbocycles. The summed E-state index contributed by atoms with van der Waals surface area (Å²) in [6, 6.07) is 5.99. The molecule has 0 saturated heterocycles. The van der Waals surface area contributed by atoms with Gasteiger partial charge in [0.25, 0.3) is 0 Å². The van der Waals surface area contributed by atoms with Gasteiger partial charge in [0.1, 0.15) is 0 Å². The average Bonchev–Trinajstić information content (AvgIpc) is 2.46. The van der Waals surface area contributed by atoms with E-state index in [1.807, 2.05) is 0 Å². The Morgan fingerprint density at radius 1 is 1.39 bits per heavy atom. The van der Waals surface area contributed by atoms with Crippen molar-refractivity contribution in [3.63, 3.8) is 0 Å². The molecular weight excluding hydrogens is 339 g/mol. The fourth-order valence-electron chi connectivity index (χ4n) is 1.94. The first-order valence-electron chi connectivity index (χ1n) is 6.48. The van der Waals surface area contributed by atoms with Crippen LogP contribution < -0.4 is 0 Å². The largest absolute Gasteiger partial charge is 0.518 e. The van der Waals surface area contributed by atoms with Gasteiger partial charge in [-0.25, -0.2) is 4.79 Å². The summed E-state index contributed by atoms with van der Waals surface area (Å²) in [5, 5.41) is 0. The predicted octanol–water partition coefficient (Wildman–Crippen LogP) is 1.79. The molecule has 0 saturated carbocycles. The van der Waals surface area contributed by atoms with E-state index in [9.17, 15) is 26.4 Å². The standard InChI is InChI=1S/C13H12F3NO5S/c1-2-21-12(18)10-7-8-5-3-4-6-9(8)11(22-10)17-23(19,20)13(14,15)16/h3-6,10H,2,7H2,1H3/b17-11+. The first kappa shape index (κ1) is 17.3. The van der Waals surface area contributed by atoms with Gasteiger partial charge in [-0.1, -0.05) is 18.2 Å². The number of sulfonamides is 1. The van der Waals surface area contributed by atoms with Crippen molar-refractivity contribution in [2.24, 2.45) is 4.40 Å². The fraction of sp³-hybridized carbons (Fsp3) is 0.385. The van der Waals surface area contributed by atoms with E-state index >= 15 is 0 Å². The number of alkyl halides is 3. The van der Waals surface area contributed by atoms with Crippen molar-refractivity contribution in [1.82, 2.24) is 0 Å². The quantitative estimate of drug-likeness (QED) is 0.776. The smallest absolute Gasteiger partial charge is 0.463 e. The first-order valence-corrected chi connectivity index (χ1v) is 7.92. The summed E-state index contributed by atoms with van der Waals surface area (Å²) in [6.45, 7) is 1.60. The Kier molecular flexibility index (Phi) is 4.64. The normalized spacial score (nSPS) is 19.8. The van der Waals surface area contributed by atoms with Crippen molar-refractivity contribution < 1.29 is 35.9 Å². The van der Waals surface area contributed by atoms with Crippen LogP contribution in [0.15, 0.2) is 28.7 Å². The van der Waals surface area contributed by atoms with Crippen LogP contribution in [-0.2, 0) is 30.7 Å². The van der Waals surface area contributed by atoms with E-state index in [1.165, 1.54) is 12.1 Å². The van der Waals surface area contributed by atoms with E-state index in [-0.39, 0.29) is 18.6 Å². The van der Waals surface area contributed by atoms with Gasteiger partial charge in [-0.2, -0.15) is 21.6 Å². The second-order valence-corrected chi connectivity index (χ2v) is 6.13. The van der Waals surface area contributed by atoms with Crippen molar-refractivity contribution in [2.45, 2.75) is 25.0 Å². The van der Waals surface area contributed by atoms with E-state index < -0.39 is 33.5 Å². The maximum absolute atomic E-state index is 12.5. The molecule has 1 aliphatic rings. The summed E-state index contributed by atoms with van der Waals surface area (Å²) in [6.07, 6.45) is -1.22. The number of nitrogens with zero attached hydrogens (tertiary/aromatic N) is 1. The molecule has 126 valence electrons. The lowest BCUT2D eigenvalue weighted by molar-refractivity contribution is -0.152. The lowest BCUT2D eigenvalue weighted by atomic mass is 9.98. The highest BCUT2D eigenvalue weighted by atomic mass is 32.2. The fourth-order valence-corrected chi connectivity index (χ4v) is 2.41. The number of hydrogen-bond acceptors (Lipinski definition) is 5. The van der Waals surface area contributed by atoms with Crippen LogP contribution in [0.4, 0.5) is 13.2 Å². The summed E-state index contributed by atoms with van der Waals surface area (Å²) in [5.74, 6) is -1.58. The Labute approximate surface area is 130 Å². The van der Waals surface area contributed by atoms with Crippen molar-refractivity contribution >= 4 is 21.9 Å². The Hall–Kier alpha value is -2.10. The summed E-state index contributed by atoms with van der Waals surface area (Å²) in [5.41, 5.74) is -5.04. The van der Waals surface area contributed by atoms with Crippen LogP contribution in [0.25, 0.3) is 0 Å². The summed E-state index contributed by atoms with van der Waals surface area (Å²) in [4.78, 5) is 11.7. The lowest BCUT2D eigenvalue weighted by Crippen LogP contribution is -2.37. The lowest BCUT2D eigenvalue weighted by Gasteiger charge is -2.25. The van der Waals surface area contributed by atoms with Gasteiger partial charge in [0.2, 0.25) is 12.0 Å². The molecule has 1 aromatic carbocycles. The number of hydrogen-bond donors (Lipinski definition) is 0. The van der Waals surface area contributed by atoms with Crippen LogP contribution in [0.5, 0.6) is 0 Å². The monoisotopic (exact) mass is 351 g/mol. The van der Waals surface area contributed by atoms with Crippen molar-refractivity contribution in [3.8, 4) is 0 Å². The highest BCUT2D eigenvalue weighted by Crippen LogP contribution is 2.28. The molecule has 0 radical (unpaired) electrons. The minimum Gasteiger partial charge on any atom is -0.463 e. The molecule has 0 fully saturated rings. The van der Waals surface area contributed by atoms with Crippen LogP contribution >= 0.6 is 0 Å². The Balaban J connectivity index is 2.48. The molecule has 0 aromatic heterocycles. The first-order chi connectivity index (χ1) is 10.7. The molecule has 23 heavy (non-hydrogen) atoms. The third-order valence-electron chi connectivity index (χ3n) is 2.95. The molecule has 1 atom stereocenters. The molecule has 6 nitrogen and oxygen atoms in total. The number of benzene rings is 1. The van der Waals surface area contributed by atoms with Gasteiger partial charge in [-0.05, 0) is 18.6 Å². The zero-order chi connectivity index (χ0) is 17.3.